The van der Waals surface area contributed by atoms with Crippen LogP contribution in [0, 0.1) is 6.92 Å². The van der Waals surface area contributed by atoms with E-state index >= 15 is 0 Å². The molecule has 0 N–H and O–H groups in total. The van der Waals surface area contributed by atoms with Crippen molar-refractivity contribution in [2.24, 2.45) is 0 Å². The Morgan fingerprint density at radius 2 is 1.32 bits per heavy atom. The number of aryl methyl sites for hydroxylation is 1. The maximum Gasteiger partial charge on any atom is 0.329 e. The van der Waals surface area contributed by atoms with Gasteiger partial charge in [0.05, 0.1) is 6.54 Å². The number of amides is 2. The van der Waals surface area contributed by atoms with E-state index in [1.54, 1.807) is 9.80 Å². The van der Waals surface area contributed by atoms with E-state index in [1.165, 1.54) is 5.56 Å². The Balaban J connectivity index is 1.90. The maximum atomic E-state index is 13.2. The third kappa shape index (κ3) is 4.07. The fourth-order valence-electron chi connectivity index (χ4n) is 2.70. The molecule has 0 aliphatic heterocycles. The summed E-state index contributed by atoms with van der Waals surface area (Å²) >= 11 is 0. The van der Waals surface area contributed by atoms with Crippen molar-refractivity contribution in [3.63, 3.8) is 0 Å². The van der Waals surface area contributed by atoms with Gasteiger partial charge in [0.15, 0.2) is 0 Å². The number of hydrogen-bond donors (Lipinski definition) is 0. The average Bonchev–Trinajstić information content (AvgIpc) is 2.67. The van der Waals surface area contributed by atoms with E-state index in [0.717, 1.165) is 16.9 Å². The summed E-state index contributed by atoms with van der Waals surface area (Å²) in [6.45, 7) is 2.57. The molecule has 0 heterocycles. The zero-order chi connectivity index (χ0) is 17.6. The van der Waals surface area contributed by atoms with Gasteiger partial charge in [-0.25, -0.2) is 4.79 Å². The first kappa shape index (κ1) is 16.8. The van der Waals surface area contributed by atoms with Crippen molar-refractivity contribution in [3.05, 3.63) is 96.1 Å². The van der Waals surface area contributed by atoms with Crippen LogP contribution in [0.25, 0.3) is 0 Å². The van der Waals surface area contributed by atoms with Crippen LogP contribution in [0.5, 0.6) is 0 Å². The molecule has 3 heteroatoms. The molecule has 0 unspecified atom stereocenters. The molecule has 0 spiro atoms. The molecule has 2 amide bonds. The summed E-state index contributed by atoms with van der Waals surface area (Å²) in [5.41, 5.74) is 4.03. The highest BCUT2D eigenvalue weighted by atomic mass is 16.2. The summed E-state index contributed by atoms with van der Waals surface area (Å²) in [5.74, 6) is 0. The minimum atomic E-state index is -0.0566. The minimum absolute atomic E-state index is 0.0566. The Kier molecular flexibility index (Phi) is 5.14. The largest absolute Gasteiger partial charge is 0.329 e. The second kappa shape index (κ2) is 7.67. The Hall–Kier alpha value is -3.07. The molecular formula is C22H22N2O. The van der Waals surface area contributed by atoms with Crippen molar-refractivity contribution in [3.8, 4) is 0 Å². The smallest absolute Gasteiger partial charge is 0.297 e. The minimum Gasteiger partial charge on any atom is -0.297 e. The van der Waals surface area contributed by atoms with Crippen LogP contribution in [0.1, 0.15) is 11.1 Å². The van der Waals surface area contributed by atoms with Crippen LogP contribution in [-0.2, 0) is 6.54 Å². The number of rotatable bonds is 4. The van der Waals surface area contributed by atoms with E-state index in [2.05, 4.69) is 0 Å². The van der Waals surface area contributed by atoms with E-state index in [1.807, 2.05) is 98.9 Å². The molecule has 0 bridgehead atoms. The zero-order valence-corrected chi connectivity index (χ0v) is 14.6. The van der Waals surface area contributed by atoms with Crippen LogP contribution in [0.15, 0.2) is 84.9 Å². The van der Waals surface area contributed by atoms with Gasteiger partial charge in [0.1, 0.15) is 0 Å². The Bertz CT molecular complexity index is 814. The summed E-state index contributed by atoms with van der Waals surface area (Å²) in [7, 11) is 1.81. The first-order valence-electron chi connectivity index (χ1n) is 8.36. The summed E-state index contributed by atoms with van der Waals surface area (Å²) in [4.78, 5) is 16.7. The molecule has 3 aromatic rings. The third-order valence-electron chi connectivity index (χ3n) is 4.19. The molecule has 0 aliphatic rings. The van der Waals surface area contributed by atoms with E-state index < -0.39 is 0 Å². The fraction of sp³-hybridized carbons (Fsp3) is 0.136. The fourth-order valence-corrected chi connectivity index (χ4v) is 2.70. The molecule has 0 aromatic heterocycles. The van der Waals surface area contributed by atoms with E-state index in [0.29, 0.717) is 6.54 Å². The molecule has 0 saturated heterocycles. The maximum absolute atomic E-state index is 13.2. The second-order valence-corrected chi connectivity index (χ2v) is 6.08. The highest BCUT2D eigenvalue weighted by molar-refractivity contribution is 6.03. The van der Waals surface area contributed by atoms with Crippen molar-refractivity contribution >= 4 is 17.4 Å². The number of carbonyl (C=O) groups is 1. The quantitative estimate of drug-likeness (QED) is 0.640. The number of benzene rings is 3. The van der Waals surface area contributed by atoms with E-state index in [9.17, 15) is 4.79 Å². The van der Waals surface area contributed by atoms with Gasteiger partial charge in [-0.3, -0.25) is 9.80 Å². The highest BCUT2D eigenvalue weighted by Crippen LogP contribution is 2.22. The van der Waals surface area contributed by atoms with E-state index in [-0.39, 0.29) is 6.03 Å². The lowest BCUT2D eigenvalue weighted by atomic mass is 10.2. The predicted octanol–water partition coefficient (Wildman–Crippen LogP) is 5.26. The summed E-state index contributed by atoms with van der Waals surface area (Å²) in [6.07, 6.45) is 0. The van der Waals surface area contributed by atoms with Gasteiger partial charge in [-0.15, -0.1) is 0 Å². The second-order valence-electron chi connectivity index (χ2n) is 6.08. The summed E-state index contributed by atoms with van der Waals surface area (Å²) in [5, 5.41) is 0. The molecule has 3 nitrogen and oxygen atoms in total. The molecule has 25 heavy (non-hydrogen) atoms. The predicted molar refractivity (Wildman–Crippen MR) is 104 cm³/mol. The van der Waals surface area contributed by atoms with Gasteiger partial charge in [-0.2, -0.15) is 0 Å². The van der Waals surface area contributed by atoms with Gasteiger partial charge >= 0.3 is 6.03 Å². The molecule has 126 valence electrons. The number of carbonyl (C=O) groups excluding carboxylic acids is 1. The molecule has 3 rings (SSSR count). The van der Waals surface area contributed by atoms with Crippen LogP contribution in [0.4, 0.5) is 16.2 Å². The lowest BCUT2D eigenvalue weighted by Gasteiger charge is -2.28. The van der Waals surface area contributed by atoms with Gasteiger partial charge < -0.3 is 0 Å². The van der Waals surface area contributed by atoms with Crippen molar-refractivity contribution in [1.29, 1.82) is 0 Å². The standard InChI is InChI=1S/C22H22N2O/c1-18-13-15-20(16-14-18)23(2)22(25)24(21-11-7-4-8-12-21)17-19-9-5-3-6-10-19/h3-16H,17H2,1-2H3. The van der Waals surface area contributed by atoms with Crippen LogP contribution in [-0.4, -0.2) is 13.1 Å². The van der Waals surface area contributed by atoms with Gasteiger partial charge in [0.25, 0.3) is 0 Å². The van der Waals surface area contributed by atoms with Crippen LogP contribution in [0.2, 0.25) is 0 Å². The average molecular weight is 330 g/mol. The number of urea groups is 1. The highest BCUT2D eigenvalue weighted by Gasteiger charge is 2.21. The lowest BCUT2D eigenvalue weighted by molar-refractivity contribution is 0.252. The number of anilines is 2. The number of para-hydroxylation sites is 1. The first-order chi connectivity index (χ1) is 12.1. The van der Waals surface area contributed by atoms with E-state index in [4.69, 9.17) is 0 Å². The first-order valence-corrected chi connectivity index (χ1v) is 8.36. The Morgan fingerprint density at radius 3 is 1.92 bits per heavy atom. The van der Waals surface area contributed by atoms with Crippen LogP contribution >= 0.6 is 0 Å². The summed E-state index contributed by atoms with van der Waals surface area (Å²) in [6, 6.07) is 27.7. The molecule has 3 aromatic carbocycles. The normalized spacial score (nSPS) is 10.3. The van der Waals surface area contributed by atoms with Crippen molar-refractivity contribution in [1.82, 2.24) is 0 Å². The number of nitrogens with zero attached hydrogens (tertiary/aromatic N) is 2. The molecule has 0 atom stereocenters. The zero-order valence-electron chi connectivity index (χ0n) is 14.6. The van der Waals surface area contributed by atoms with Crippen LogP contribution in [0.3, 0.4) is 0 Å². The molecular weight excluding hydrogens is 308 g/mol. The van der Waals surface area contributed by atoms with Crippen LogP contribution < -0.4 is 9.80 Å². The van der Waals surface area contributed by atoms with Gasteiger partial charge in [-0.1, -0.05) is 66.2 Å². The van der Waals surface area contributed by atoms with Gasteiger partial charge in [0.2, 0.25) is 0 Å². The SMILES string of the molecule is Cc1ccc(N(C)C(=O)N(Cc2ccccc2)c2ccccc2)cc1. The van der Waals surface area contributed by atoms with Gasteiger partial charge in [0, 0.05) is 18.4 Å². The topological polar surface area (TPSA) is 23.6 Å². The number of hydrogen-bond acceptors (Lipinski definition) is 1. The summed E-state index contributed by atoms with van der Waals surface area (Å²) < 4.78 is 0. The van der Waals surface area contributed by atoms with Crippen molar-refractivity contribution in [2.45, 2.75) is 13.5 Å². The molecule has 0 saturated carbocycles. The Labute approximate surface area is 149 Å². The Morgan fingerprint density at radius 1 is 0.760 bits per heavy atom. The van der Waals surface area contributed by atoms with Gasteiger partial charge in [-0.05, 0) is 36.8 Å². The van der Waals surface area contributed by atoms with Crippen molar-refractivity contribution < 1.29 is 4.79 Å². The monoisotopic (exact) mass is 330 g/mol. The molecule has 0 radical (unpaired) electrons. The molecule has 0 aliphatic carbocycles. The third-order valence-corrected chi connectivity index (χ3v) is 4.19. The molecule has 0 fully saturated rings. The lowest BCUT2D eigenvalue weighted by Crippen LogP contribution is -2.41. The van der Waals surface area contributed by atoms with Crippen molar-refractivity contribution in [2.75, 3.05) is 16.8 Å².